The van der Waals surface area contributed by atoms with Gasteiger partial charge >= 0.3 is 0 Å². The van der Waals surface area contributed by atoms with Gasteiger partial charge in [-0.3, -0.25) is 9.69 Å². The van der Waals surface area contributed by atoms with Gasteiger partial charge in [0.25, 0.3) is 5.91 Å². The summed E-state index contributed by atoms with van der Waals surface area (Å²) < 4.78 is 52.2. The number of likely N-dealkylation sites (N-methyl/N-ethyl adjacent to an activating group) is 2. The third-order valence-corrected chi connectivity index (χ3v) is 10.4. The largest absolute Gasteiger partial charge is 0.491 e. The number of alkyl halides is 1. The summed E-state index contributed by atoms with van der Waals surface area (Å²) in [5, 5.41) is 0.910. The monoisotopic (exact) mass is 582 g/mol. The zero-order chi connectivity index (χ0) is 28.7. The van der Waals surface area contributed by atoms with Crippen molar-refractivity contribution in [3.05, 3.63) is 53.6 Å². The maximum atomic E-state index is 15.7. The Balaban J connectivity index is 1.59. The van der Waals surface area contributed by atoms with Crippen LogP contribution >= 0.6 is 0 Å². The van der Waals surface area contributed by atoms with E-state index in [9.17, 15) is 13.2 Å². The molecule has 0 unspecified atom stereocenters. The first-order chi connectivity index (χ1) is 19.7. The SMILES string of the molecule is CN1CCCS(=O)(=O)NC(=O)c2ccc3c([C@H]4CCCC[C@@H]4F)c4n(c3c2)C[C@H](COc2ccccc2-4)N(C)CC1. The van der Waals surface area contributed by atoms with Crippen LogP contribution in [0.5, 0.6) is 5.75 Å². The van der Waals surface area contributed by atoms with Crippen LogP contribution in [0.3, 0.4) is 0 Å². The molecule has 1 aliphatic carbocycles. The molecule has 0 spiro atoms. The van der Waals surface area contributed by atoms with Gasteiger partial charge in [0.2, 0.25) is 10.0 Å². The van der Waals surface area contributed by atoms with Crippen LogP contribution in [-0.2, 0) is 16.6 Å². The van der Waals surface area contributed by atoms with E-state index in [0.717, 1.165) is 65.8 Å². The Hall–Kier alpha value is -2.95. The molecule has 1 saturated carbocycles. The molecule has 1 fully saturated rings. The molecule has 220 valence electrons. The van der Waals surface area contributed by atoms with Gasteiger partial charge in [-0.2, -0.15) is 0 Å². The van der Waals surface area contributed by atoms with Gasteiger partial charge in [0.05, 0.1) is 17.5 Å². The molecule has 3 atom stereocenters. The van der Waals surface area contributed by atoms with Crippen LogP contribution in [-0.4, -0.2) is 87.0 Å². The third kappa shape index (κ3) is 5.61. The fourth-order valence-corrected chi connectivity index (χ4v) is 7.70. The summed E-state index contributed by atoms with van der Waals surface area (Å²) in [4.78, 5) is 17.6. The molecule has 1 amide bonds. The first-order valence-corrected chi connectivity index (χ1v) is 16.3. The predicted octanol–water partition coefficient (Wildman–Crippen LogP) is 4.39. The average molecular weight is 583 g/mol. The zero-order valence-electron chi connectivity index (χ0n) is 23.8. The Kier molecular flexibility index (Phi) is 7.82. The molecular formula is C31H39FN4O4S. The standard InChI is InChI=1S/C31H39FN4O4S/c1-34-14-7-17-41(38,39)33-31(37)21-12-13-24-27(18-21)36-19-22(35(2)16-15-34)20-40-28-11-6-4-9-25(28)30(36)29(24)23-8-3-5-10-26(23)32/h4,6,9,11-13,18,22-23,26H,3,5,7-8,10,14-17,19-20H2,1-2H3,(H,33,37)/t22-,23+,26+/m1/s1. The smallest absolute Gasteiger partial charge is 0.264 e. The number of ether oxygens (including phenoxy) is 1. The average Bonchev–Trinajstić information content (AvgIpc) is 3.24. The van der Waals surface area contributed by atoms with Crippen molar-refractivity contribution in [2.45, 2.75) is 56.8 Å². The van der Waals surface area contributed by atoms with Crippen molar-refractivity contribution in [2.75, 3.05) is 46.1 Å². The van der Waals surface area contributed by atoms with Crippen molar-refractivity contribution in [3.63, 3.8) is 0 Å². The molecule has 1 N–H and O–H groups in total. The van der Waals surface area contributed by atoms with Crippen LogP contribution in [0.25, 0.3) is 22.2 Å². The van der Waals surface area contributed by atoms with Gasteiger partial charge in [-0.25, -0.2) is 17.5 Å². The van der Waals surface area contributed by atoms with Crippen molar-refractivity contribution in [3.8, 4) is 17.0 Å². The molecule has 0 radical (unpaired) electrons. The minimum Gasteiger partial charge on any atom is -0.491 e. The van der Waals surface area contributed by atoms with Crippen molar-refractivity contribution < 1.29 is 22.3 Å². The Bertz CT molecular complexity index is 1550. The topological polar surface area (TPSA) is 83.9 Å². The fourth-order valence-electron chi connectivity index (χ4n) is 6.69. The second kappa shape index (κ2) is 11.4. The summed E-state index contributed by atoms with van der Waals surface area (Å²) in [7, 11) is 0.281. The molecule has 3 heterocycles. The summed E-state index contributed by atoms with van der Waals surface area (Å²) >= 11 is 0. The number of amides is 1. The van der Waals surface area contributed by atoms with Crippen LogP contribution in [0, 0.1) is 0 Å². The van der Waals surface area contributed by atoms with Crippen molar-refractivity contribution >= 4 is 26.8 Å². The fraction of sp³-hybridized carbons (Fsp3) is 0.516. The van der Waals surface area contributed by atoms with Gasteiger partial charge < -0.3 is 14.2 Å². The van der Waals surface area contributed by atoms with Crippen LogP contribution < -0.4 is 9.46 Å². The van der Waals surface area contributed by atoms with Crippen LogP contribution in [0.15, 0.2) is 42.5 Å². The van der Waals surface area contributed by atoms with E-state index in [1.54, 1.807) is 12.1 Å². The van der Waals surface area contributed by atoms with E-state index in [1.807, 2.05) is 37.4 Å². The minimum atomic E-state index is -3.79. The highest BCUT2D eigenvalue weighted by atomic mass is 32.2. The summed E-state index contributed by atoms with van der Waals surface area (Å²) in [6.07, 6.45) is 2.60. The maximum absolute atomic E-state index is 15.7. The second-order valence-corrected chi connectivity index (χ2v) is 13.7. The number of carbonyl (C=O) groups excluding carboxylic acids is 1. The molecule has 0 saturated heterocycles. The van der Waals surface area contributed by atoms with E-state index in [2.05, 4.69) is 26.1 Å². The molecule has 3 aliphatic rings. The van der Waals surface area contributed by atoms with Crippen LogP contribution in [0.1, 0.15) is 53.9 Å². The molecule has 3 aromatic rings. The zero-order valence-corrected chi connectivity index (χ0v) is 24.6. The van der Waals surface area contributed by atoms with Gasteiger partial charge in [0.15, 0.2) is 0 Å². The lowest BCUT2D eigenvalue weighted by Gasteiger charge is -2.33. The van der Waals surface area contributed by atoms with Gasteiger partial charge in [0, 0.05) is 47.6 Å². The Morgan fingerprint density at radius 3 is 2.63 bits per heavy atom. The lowest BCUT2D eigenvalue weighted by Crippen LogP contribution is -2.44. The number of halogens is 1. The van der Waals surface area contributed by atoms with Gasteiger partial charge in [-0.1, -0.05) is 31.0 Å². The van der Waals surface area contributed by atoms with Crippen LogP contribution in [0.4, 0.5) is 4.39 Å². The lowest BCUT2D eigenvalue weighted by atomic mass is 9.80. The maximum Gasteiger partial charge on any atom is 0.264 e. The summed E-state index contributed by atoms with van der Waals surface area (Å²) in [6, 6.07) is 13.3. The Labute approximate surface area is 241 Å². The van der Waals surface area contributed by atoms with Crippen molar-refractivity contribution in [1.82, 2.24) is 19.1 Å². The Morgan fingerprint density at radius 2 is 1.80 bits per heavy atom. The molecular weight excluding hydrogens is 543 g/mol. The number of fused-ring (bicyclic) bond motifs is 4. The highest BCUT2D eigenvalue weighted by Gasteiger charge is 2.35. The first-order valence-electron chi connectivity index (χ1n) is 14.7. The van der Waals surface area contributed by atoms with E-state index in [4.69, 9.17) is 4.74 Å². The third-order valence-electron chi connectivity index (χ3n) is 9.04. The molecule has 4 bridgehead atoms. The highest BCUT2D eigenvalue weighted by molar-refractivity contribution is 7.90. The lowest BCUT2D eigenvalue weighted by molar-refractivity contribution is 0.0981. The second-order valence-electron chi connectivity index (χ2n) is 11.9. The van der Waals surface area contributed by atoms with Crippen LogP contribution in [0.2, 0.25) is 0 Å². The minimum absolute atomic E-state index is 0.0252. The number of aromatic nitrogens is 1. The number of nitrogens with zero attached hydrogens (tertiary/aromatic N) is 3. The number of hydrogen-bond acceptors (Lipinski definition) is 6. The molecule has 10 heteroatoms. The summed E-state index contributed by atoms with van der Waals surface area (Å²) in [5.74, 6) is -0.279. The molecule has 6 rings (SSSR count). The molecule has 2 aromatic carbocycles. The Morgan fingerprint density at radius 1 is 1.00 bits per heavy atom. The molecule has 8 nitrogen and oxygen atoms in total. The molecule has 1 aromatic heterocycles. The molecule has 2 aliphatic heterocycles. The number of carbonyl (C=O) groups is 1. The van der Waals surface area contributed by atoms with Gasteiger partial charge in [0.1, 0.15) is 18.5 Å². The first kappa shape index (κ1) is 28.2. The van der Waals surface area contributed by atoms with E-state index >= 15 is 4.39 Å². The summed E-state index contributed by atoms with van der Waals surface area (Å²) in [5.41, 5.74) is 3.90. The van der Waals surface area contributed by atoms with Crippen molar-refractivity contribution in [1.29, 1.82) is 0 Å². The van der Waals surface area contributed by atoms with E-state index in [1.165, 1.54) is 0 Å². The van der Waals surface area contributed by atoms with Gasteiger partial charge in [-0.05, 0) is 69.7 Å². The van der Waals surface area contributed by atoms with Gasteiger partial charge in [-0.15, -0.1) is 0 Å². The number of sulfonamides is 1. The number of para-hydroxylation sites is 1. The number of hydrogen-bond donors (Lipinski definition) is 1. The number of nitrogens with one attached hydrogen (secondary N) is 1. The van der Waals surface area contributed by atoms with E-state index in [-0.39, 0.29) is 23.3 Å². The molecule has 41 heavy (non-hydrogen) atoms. The number of benzene rings is 2. The van der Waals surface area contributed by atoms with E-state index < -0.39 is 22.1 Å². The normalized spacial score (nSPS) is 26.2. The predicted molar refractivity (Wildman–Crippen MR) is 159 cm³/mol. The van der Waals surface area contributed by atoms with E-state index in [0.29, 0.717) is 32.5 Å². The van der Waals surface area contributed by atoms with Crippen molar-refractivity contribution in [2.24, 2.45) is 0 Å². The number of rotatable bonds is 1. The quantitative estimate of drug-likeness (QED) is 0.458. The summed E-state index contributed by atoms with van der Waals surface area (Å²) in [6.45, 7) is 3.21. The highest BCUT2D eigenvalue weighted by Crippen LogP contribution is 2.47.